The van der Waals surface area contributed by atoms with Crippen LogP contribution in [0.1, 0.15) is 43.0 Å². The van der Waals surface area contributed by atoms with E-state index < -0.39 is 0 Å². The summed E-state index contributed by atoms with van der Waals surface area (Å²) in [5, 5.41) is 3.00. The van der Waals surface area contributed by atoms with Gasteiger partial charge in [-0.25, -0.2) is 4.98 Å². The fourth-order valence-electron chi connectivity index (χ4n) is 2.56. The third-order valence-electron chi connectivity index (χ3n) is 3.86. The lowest BCUT2D eigenvalue weighted by Gasteiger charge is -2.28. The van der Waals surface area contributed by atoms with Gasteiger partial charge in [0.2, 0.25) is 0 Å². The molecular formula is C14H21N3O. The number of amides is 1. The molecule has 3 N–H and O–H groups in total. The number of carbonyl (C=O) groups is 1. The van der Waals surface area contributed by atoms with Crippen molar-refractivity contribution in [1.29, 1.82) is 0 Å². The maximum atomic E-state index is 11.9. The smallest absolute Gasteiger partial charge is 0.252 e. The largest absolute Gasteiger partial charge is 0.384 e. The van der Waals surface area contributed by atoms with Crippen molar-refractivity contribution in [2.45, 2.75) is 32.6 Å². The van der Waals surface area contributed by atoms with Crippen LogP contribution in [0.5, 0.6) is 0 Å². The topological polar surface area (TPSA) is 68.0 Å². The van der Waals surface area contributed by atoms with E-state index in [1.165, 1.54) is 31.9 Å². The lowest BCUT2D eigenvalue weighted by atomic mass is 9.80. The van der Waals surface area contributed by atoms with Gasteiger partial charge in [-0.05, 0) is 30.4 Å². The molecule has 2 unspecified atom stereocenters. The first-order chi connectivity index (χ1) is 8.66. The van der Waals surface area contributed by atoms with Crippen LogP contribution >= 0.6 is 0 Å². The van der Waals surface area contributed by atoms with E-state index in [1.54, 1.807) is 12.1 Å². The second-order valence-electron chi connectivity index (χ2n) is 5.20. The molecule has 0 saturated heterocycles. The summed E-state index contributed by atoms with van der Waals surface area (Å²) in [7, 11) is 0. The van der Waals surface area contributed by atoms with Crippen LogP contribution in [0.2, 0.25) is 0 Å². The molecule has 1 aromatic rings. The van der Waals surface area contributed by atoms with Gasteiger partial charge in [0.25, 0.3) is 5.91 Å². The number of aromatic nitrogens is 1. The van der Waals surface area contributed by atoms with E-state index in [4.69, 9.17) is 5.73 Å². The first-order valence-electron chi connectivity index (χ1n) is 6.66. The van der Waals surface area contributed by atoms with Crippen molar-refractivity contribution in [3.63, 3.8) is 0 Å². The molecule has 4 heteroatoms. The van der Waals surface area contributed by atoms with Crippen molar-refractivity contribution in [3.05, 3.63) is 23.9 Å². The maximum Gasteiger partial charge on any atom is 0.252 e. The quantitative estimate of drug-likeness (QED) is 0.860. The van der Waals surface area contributed by atoms with E-state index in [9.17, 15) is 4.79 Å². The monoisotopic (exact) mass is 247 g/mol. The first-order valence-corrected chi connectivity index (χ1v) is 6.66. The number of anilines is 1. The molecule has 1 fully saturated rings. The molecule has 1 aliphatic carbocycles. The molecule has 2 rings (SSSR count). The van der Waals surface area contributed by atoms with Gasteiger partial charge in [-0.15, -0.1) is 0 Å². The molecule has 1 amide bonds. The highest BCUT2D eigenvalue weighted by molar-refractivity contribution is 5.93. The minimum atomic E-state index is -0.0553. The number of carbonyl (C=O) groups excluding carboxylic acids is 1. The molecule has 4 nitrogen and oxygen atoms in total. The van der Waals surface area contributed by atoms with Crippen LogP contribution in [-0.2, 0) is 0 Å². The van der Waals surface area contributed by atoms with Crippen molar-refractivity contribution >= 4 is 11.7 Å². The van der Waals surface area contributed by atoms with Crippen molar-refractivity contribution in [2.24, 2.45) is 11.8 Å². The molecular weight excluding hydrogens is 226 g/mol. The Balaban J connectivity index is 1.86. The number of nitrogen functional groups attached to an aromatic ring is 1. The summed E-state index contributed by atoms with van der Waals surface area (Å²) in [6, 6.07) is 3.36. The third-order valence-corrected chi connectivity index (χ3v) is 3.86. The lowest BCUT2D eigenvalue weighted by Crippen LogP contribution is -2.33. The lowest BCUT2D eigenvalue weighted by molar-refractivity contribution is 0.0936. The highest BCUT2D eigenvalue weighted by atomic mass is 16.1. The van der Waals surface area contributed by atoms with Gasteiger partial charge in [-0.1, -0.05) is 26.2 Å². The average Bonchev–Trinajstić information content (AvgIpc) is 2.38. The van der Waals surface area contributed by atoms with Crippen molar-refractivity contribution in [1.82, 2.24) is 10.3 Å². The third kappa shape index (κ3) is 3.22. The van der Waals surface area contributed by atoms with Crippen LogP contribution < -0.4 is 11.1 Å². The fraction of sp³-hybridized carbons (Fsp3) is 0.571. The van der Waals surface area contributed by atoms with Gasteiger partial charge in [-0.2, -0.15) is 0 Å². The summed E-state index contributed by atoms with van der Waals surface area (Å²) in [5.41, 5.74) is 6.07. The van der Waals surface area contributed by atoms with E-state index in [0.29, 0.717) is 23.2 Å². The van der Waals surface area contributed by atoms with Crippen LogP contribution in [0.4, 0.5) is 5.82 Å². The molecule has 18 heavy (non-hydrogen) atoms. The van der Waals surface area contributed by atoms with Gasteiger partial charge in [0.15, 0.2) is 0 Å². The van der Waals surface area contributed by atoms with Crippen LogP contribution in [0, 0.1) is 11.8 Å². The van der Waals surface area contributed by atoms with Crippen molar-refractivity contribution < 1.29 is 4.79 Å². The van der Waals surface area contributed by atoms with E-state index in [1.807, 2.05) is 0 Å². The summed E-state index contributed by atoms with van der Waals surface area (Å²) in [4.78, 5) is 15.8. The van der Waals surface area contributed by atoms with Gasteiger partial charge in [0.05, 0.1) is 5.56 Å². The molecule has 2 atom stereocenters. The number of hydrogen-bond acceptors (Lipinski definition) is 3. The fourth-order valence-corrected chi connectivity index (χ4v) is 2.56. The molecule has 0 aliphatic heterocycles. The Morgan fingerprint density at radius 2 is 2.22 bits per heavy atom. The molecule has 1 saturated carbocycles. The summed E-state index contributed by atoms with van der Waals surface area (Å²) in [6.07, 6.45) is 6.64. The zero-order valence-corrected chi connectivity index (χ0v) is 10.9. The van der Waals surface area contributed by atoms with E-state index in [0.717, 1.165) is 6.54 Å². The Labute approximate surface area is 108 Å². The minimum Gasteiger partial charge on any atom is -0.384 e. The van der Waals surface area contributed by atoms with E-state index in [2.05, 4.69) is 17.2 Å². The van der Waals surface area contributed by atoms with Crippen molar-refractivity contribution in [3.8, 4) is 0 Å². The van der Waals surface area contributed by atoms with E-state index in [-0.39, 0.29) is 5.91 Å². The molecule has 0 bridgehead atoms. The average molecular weight is 247 g/mol. The number of hydrogen-bond donors (Lipinski definition) is 2. The minimum absolute atomic E-state index is 0.0553. The normalized spacial score (nSPS) is 23.6. The van der Waals surface area contributed by atoms with Crippen LogP contribution in [-0.4, -0.2) is 17.4 Å². The van der Waals surface area contributed by atoms with Gasteiger partial charge < -0.3 is 11.1 Å². The van der Waals surface area contributed by atoms with Gasteiger partial charge in [0.1, 0.15) is 5.82 Å². The second-order valence-corrected chi connectivity index (χ2v) is 5.20. The first kappa shape index (κ1) is 12.9. The predicted molar refractivity (Wildman–Crippen MR) is 72.1 cm³/mol. The van der Waals surface area contributed by atoms with Crippen LogP contribution in [0.15, 0.2) is 18.3 Å². The second kappa shape index (κ2) is 5.85. The molecule has 1 aliphatic rings. The summed E-state index contributed by atoms with van der Waals surface area (Å²) < 4.78 is 0. The molecule has 0 spiro atoms. The summed E-state index contributed by atoms with van der Waals surface area (Å²) in [5.74, 6) is 1.71. The Hall–Kier alpha value is -1.58. The Kier molecular flexibility index (Phi) is 4.18. The number of nitrogens with one attached hydrogen (secondary N) is 1. The number of rotatable bonds is 3. The molecule has 1 heterocycles. The zero-order chi connectivity index (χ0) is 13.0. The van der Waals surface area contributed by atoms with Crippen LogP contribution in [0.25, 0.3) is 0 Å². The molecule has 98 valence electrons. The predicted octanol–water partition coefficient (Wildman–Crippen LogP) is 2.22. The maximum absolute atomic E-state index is 11.9. The highest BCUT2D eigenvalue weighted by Gasteiger charge is 2.21. The van der Waals surface area contributed by atoms with Gasteiger partial charge in [0, 0.05) is 12.7 Å². The Morgan fingerprint density at radius 1 is 1.44 bits per heavy atom. The number of nitrogens with two attached hydrogens (primary N) is 1. The molecule has 0 radical (unpaired) electrons. The standard InChI is InChI=1S/C14H21N3O/c1-10-4-2-3-5-11(10)8-17-14(18)12-6-7-13(15)16-9-12/h6-7,9-11H,2-5,8H2,1H3,(H2,15,16)(H,17,18). The molecule has 0 aromatic carbocycles. The number of nitrogens with zero attached hydrogens (tertiary/aromatic N) is 1. The van der Waals surface area contributed by atoms with E-state index >= 15 is 0 Å². The highest BCUT2D eigenvalue weighted by Crippen LogP contribution is 2.28. The zero-order valence-electron chi connectivity index (χ0n) is 10.9. The molecule has 1 aromatic heterocycles. The van der Waals surface area contributed by atoms with Crippen molar-refractivity contribution in [2.75, 3.05) is 12.3 Å². The summed E-state index contributed by atoms with van der Waals surface area (Å²) >= 11 is 0. The Bertz CT molecular complexity index is 402. The summed E-state index contributed by atoms with van der Waals surface area (Å²) in [6.45, 7) is 3.05. The van der Waals surface area contributed by atoms with Crippen LogP contribution in [0.3, 0.4) is 0 Å². The Morgan fingerprint density at radius 3 is 2.89 bits per heavy atom. The van der Waals surface area contributed by atoms with Gasteiger partial charge >= 0.3 is 0 Å². The number of pyridine rings is 1. The van der Waals surface area contributed by atoms with Gasteiger partial charge in [-0.3, -0.25) is 4.79 Å². The SMILES string of the molecule is CC1CCCCC1CNC(=O)c1ccc(N)nc1.